The van der Waals surface area contributed by atoms with E-state index >= 15 is 0 Å². The number of hydrogen-bond acceptors (Lipinski definition) is 9. The number of carbonyl (C=O) groups excluding carboxylic acids is 2. The van der Waals surface area contributed by atoms with Crippen molar-refractivity contribution in [3.8, 4) is 0 Å². The number of nitrogens with zero attached hydrogens (tertiary/aromatic N) is 8. The standard InChI is InChI=1S/C19H18BrClN4O2.C19H20BrN5O2/c2*20-16-15-17(21)22-8-10-25(15)18(23-16)14-7-4-9-24(11-14)19(26)27-12-13-5-2-1-3-6-13/h1-3,5-6,8,10,14H,4,7,9,11-12H2;1-3,5-6,8,10,14H,4,7,9,11-12H2,(H2,21,22)/t2*14-/m11/s1. The van der Waals surface area contributed by atoms with Crippen LogP contribution in [-0.4, -0.2) is 76.9 Å². The van der Waals surface area contributed by atoms with Crippen LogP contribution in [0.4, 0.5) is 15.4 Å². The number of halogens is 3. The van der Waals surface area contributed by atoms with Gasteiger partial charge in [0.2, 0.25) is 0 Å². The molecule has 2 amide bonds. The Hall–Kier alpha value is -4.73. The van der Waals surface area contributed by atoms with Crippen molar-refractivity contribution in [3.63, 3.8) is 0 Å². The second-order valence-corrected chi connectivity index (χ2v) is 15.0. The molecule has 2 atom stereocenters. The van der Waals surface area contributed by atoms with Crippen LogP contribution >= 0.6 is 43.5 Å². The summed E-state index contributed by atoms with van der Waals surface area (Å²) in [6.07, 6.45) is 10.1. The lowest BCUT2D eigenvalue weighted by molar-refractivity contribution is 0.0847. The van der Waals surface area contributed by atoms with Crippen molar-refractivity contribution in [2.75, 3.05) is 31.9 Å². The molecule has 280 valence electrons. The Morgan fingerprint density at radius 2 is 1.19 bits per heavy atom. The number of fused-ring (bicyclic) bond motifs is 2. The van der Waals surface area contributed by atoms with Crippen molar-refractivity contribution < 1.29 is 19.1 Å². The molecule has 2 N–H and O–H groups in total. The zero-order valence-electron chi connectivity index (χ0n) is 29.2. The van der Waals surface area contributed by atoms with Crippen LogP contribution in [0, 0.1) is 0 Å². The number of nitrogens with two attached hydrogens (primary N) is 1. The van der Waals surface area contributed by atoms with Gasteiger partial charge in [0.1, 0.15) is 45.1 Å². The van der Waals surface area contributed by atoms with E-state index in [0.717, 1.165) is 59.5 Å². The summed E-state index contributed by atoms with van der Waals surface area (Å²) in [5, 5.41) is 0.401. The summed E-state index contributed by atoms with van der Waals surface area (Å²) >= 11 is 13.1. The van der Waals surface area contributed by atoms with Gasteiger partial charge in [-0.25, -0.2) is 29.5 Å². The molecule has 2 aliphatic heterocycles. The van der Waals surface area contributed by atoms with Crippen LogP contribution in [-0.2, 0) is 22.7 Å². The maximum Gasteiger partial charge on any atom is 0.410 e. The number of likely N-dealkylation sites (tertiary alicyclic amines) is 2. The number of piperidine rings is 2. The first-order valence-electron chi connectivity index (χ1n) is 17.6. The fourth-order valence-electron chi connectivity index (χ4n) is 6.93. The lowest BCUT2D eigenvalue weighted by Gasteiger charge is -2.31. The molecular weight excluding hydrogens is 842 g/mol. The Morgan fingerprint density at radius 3 is 1.70 bits per heavy atom. The normalized spacial score (nSPS) is 17.2. The third-order valence-electron chi connectivity index (χ3n) is 9.56. The second-order valence-electron chi connectivity index (χ2n) is 13.1. The molecule has 2 aromatic carbocycles. The zero-order chi connectivity index (χ0) is 37.6. The smallest absolute Gasteiger partial charge is 0.410 e. The van der Waals surface area contributed by atoms with Gasteiger partial charge < -0.3 is 25.0 Å². The predicted octanol–water partition coefficient (Wildman–Crippen LogP) is 8.25. The molecule has 0 spiro atoms. The van der Waals surface area contributed by atoms with Gasteiger partial charge in [0.05, 0.1) is 0 Å². The Labute approximate surface area is 333 Å². The minimum absolute atomic E-state index is 0.111. The monoisotopic (exact) mass is 877 g/mol. The molecule has 0 unspecified atom stereocenters. The number of ether oxygens (including phenoxy) is 2. The molecule has 0 aliphatic carbocycles. The van der Waals surface area contributed by atoms with Crippen molar-refractivity contribution in [2.24, 2.45) is 0 Å². The van der Waals surface area contributed by atoms with Gasteiger partial charge in [-0.05, 0) is 68.7 Å². The van der Waals surface area contributed by atoms with Crippen molar-refractivity contribution in [3.05, 3.63) is 123 Å². The lowest BCUT2D eigenvalue weighted by atomic mass is 9.97. The van der Waals surface area contributed by atoms with Gasteiger partial charge in [-0.2, -0.15) is 0 Å². The highest BCUT2D eigenvalue weighted by molar-refractivity contribution is 9.10. The summed E-state index contributed by atoms with van der Waals surface area (Å²) < 4.78 is 16.2. The molecule has 16 heteroatoms. The van der Waals surface area contributed by atoms with Gasteiger partial charge >= 0.3 is 12.2 Å². The third-order valence-corrected chi connectivity index (χ3v) is 10.9. The first-order valence-corrected chi connectivity index (χ1v) is 19.6. The van der Waals surface area contributed by atoms with E-state index in [1.54, 1.807) is 22.2 Å². The van der Waals surface area contributed by atoms with Crippen LogP contribution in [0.25, 0.3) is 11.0 Å². The molecule has 2 fully saturated rings. The number of hydrogen-bond donors (Lipinski definition) is 1. The molecule has 4 aromatic heterocycles. The van der Waals surface area contributed by atoms with Crippen LogP contribution in [0.1, 0.15) is 60.3 Å². The molecule has 6 aromatic rings. The number of aromatic nitrogens is 6. The first kappa shape index (κ1) is 37.6. The van der Waals surface area contributed by atoms with Gasteiger partial charge in [-0.15, -0.1) is 0 Å². The molecule has 0 saturated carbocycles. The highest BCUT2D eigenvalue weighted by atomic mass is 79.9. The topological polar surface area (TPSA) is 145 Å². The predicted molar refractivity (Wildman–Crippen MR) is 211 cm³/mol. The van der Waals surface area contributed by atoms with Crippen LogP contribution < -0.4 is 5.73 Å². The molecule has 54 heavy (non-hydrogen) atoms. The summed E-state index contributed by atoms with van der Waals surface area (Å²) in [4.78, 5) is 46.1. The maximum atomic E-state index is 12.5. The fraction of sp³-hybridized carbons (Fsp3) is 0.316. The first-order chi connectivity index (χ1) is 26.3. The lowest BCUT2D eigenvalue weighted by Crippen LogP contribution is -2.39. The van der Waals surface area contributed by atoms with Crippen LogP contribution in [0.15, 0.2) is 94.7 Å². The molecule has 0 bridgehead atoms. The number of imidazole rings is 2. The molecule has 0 radical (unpaired) electrons. The van der Waals surface area contributed by atoms with Gasteiger partial charge in [0, 0.05) is 62.8 Å². The van der Waals surface area contributed by atoms with Gasteiger partial charge in [-0.3, -0.25) is 8.80 Å². The number of anilines is 1. The number of nitrogen functional groups attached to an aromatic ring is 1. The van der Waals surface area contributed by atoms with Crippen LogP contribution in [0.5, 0.6) is 0 Å². The zero-order valence-corrected chi connectivity index (χ0v) is 33.2. The highest BCUT2D eigenvalue weighted by Crippen LogP contribution is 2.33. The summed E-state index contributed by atoms with van der Waals surface area (Å²) in [5.41, 5.74) is 9.45. The maximum absolute atomic E-state index is 12.5. The van der Waals surface area contributed by atoms with Crippen molar-refractivity contribution in [2.45, 2.75) is 50.7 Å². The van der Waals surface area contributed by atoms with E-state index < -0.39 is 0 Å². The van der Waals surface area contributed by atoms with E-state index in [9.17, 15) is 9.59 Å². The second kappa shape index (κ2) is 17.2. The minimum Gasteiger partial charge on any atom is -0.445 e. The summed E-state index contributed by atoms with van der Waals surface area (Å²) in [7, 11) is 0. The fourth-order valence-corrected chi connectivity index (χ4v) is 8.42. The molecule has 2 saturated heterocycles. The summed E-state index contributed by atoms with van der Waals surface area (Å²) in [6.45, 7) is 3.08. The SMILES string of the molecule is Nc1nccn2c([C@@H]3CCCN(C(=O)OCc4ccccc4)C3)nc(Br)c12.O=C(OCc1ccccc1)N1CCC[C@@H](c2nc(Br)c3c(Cl)nccn23)C1. The van der Waals surface area contributed by atoms with E-state index in [2.05, 4.69) is 51.8 Å². The summed E-state index contributed by atoms with van der Waals surface area (Å²) in [5.74, 6) is 2.41. The number of carbonyl (C=O) groups is 2. The van der Waals surface area contributed by atoms with Crippen molar-refractivity contribution >= 4 is 72.5 Å². The average molecular weight is 880 g/mol. The average Bonchev–Trinajstić information content (AvgIpc) is 3.74. The Bertz CT molecular complexity index is 2080. The van der Waals surface area contributed by atoms with E-state index in [1.807, 2.05) is 81.9 Å². The van der Waals surface area contributed by atoms with Gasteiger partial charge in [0.25, 0.3) is 0 Å². The van der Waals surface area contributed by atoms with Gasteiger partial charge in [0.15, 0.2) is 11.0 Å². The Morgan fingerprint density at radius 1 is 0.722 bits per heavy atom. The van der Waals surface area contributed by atoms with E-state index in [1.165, 1.54) is 0 Å². The molecule has 2 aliphatic rings. The number of benzene rings is 2. The van der Waals surface area contributed by atoms with Crippen molar-refractivity contribution in [1.82, 2.24) is 38.5 Å². The minimum atomic E-state index is -0.289. The Kier molecular flexibility index (Phi) is 11.9. The molecule has 13 nitrogen and oxygen atoms in total. The van der Waals surface area contributed by atoms with E-state index in [0.29, 0.717) is 46.4 Å². The van der Waals surface area contributed by atoms with Crippen LogP contribution in [0.3, 0.4) is 0 Å². The number of amides is 2. The van der Waals surface area contributed by atoms with E-state index in [-0.39, 0.29) is 37.2 Å². The molecular formula is C38H38Br2ClN9O4. The van der Waals surface area contributed by atoms with Crippen molar-refractivity contribution in [1.29, 1.82) is 0 Å². The van der Waals surface area contributed by atoms with Gasteiger partial charge in [-0.1, -0.05) is 72.3 Å². The largest absolute Gasteiger partial charge is 0.445 e. The summed E-state index contributed by atoms with van der Waals surface area (Å²) in [6, 6.07) is 19.4. The number of rotatable bonds is 6. The van der Waals surface area contributed by atoms with Crippen LogP contribution in [0.2, 0.25) is 5.15 Å². The molecule has 6 heterocycles. The third kappa shape index (κ3) is 8.48. The molecule has 8 rings (SSSR count). The Balaban J connectivity index is 0.000000167. The van der Waals surface area contributed by atoms with E-state index in [4.69, 9.17) is 26.8 Å². The quantitative estimate of drug-likeness (QED) is 0.175. The highest BCUT2D eigenvalue weighted by Gasteiger charge is 2.31.